The van der Waals surface area contributed by atoms with E-state index in [4.69, 9.17) is 16.7 Å². The van der Waals surface area contributed by atoms with Crippen molar-refractivity contribution >= 4 is 17.6 Å². The molecular formula is C8H8ClNO2. The molecule has 0 aliphatic heterocycles. The first-order valence-corrected chi connectivity index (χ1v) is 3.89. The lowest BCUT2D eigenvalue weighted by atomic mass is 10.2. The van der Waals surface area contributed by atoms with Gasteiger partial charge in [0, 0.05) is 12.6 Å². The predicted octanol–water partition coefficient (Wildman–Crippen LogP) is 1.75. The fourth-order valence-corrected chi connectivity index (χ4v) is 1.06. The van der Waals surface area contributed by atoms with Crippen molar-refractivity contribution in [2.45, 2.75) is 12.8 Å². The number of hydrogen-bond acceptors (Lipinski definition) is 2. The Morgan fingerprint density at radius 1 is 1.67 bits per heavy atom. The molecule has 1 N–H and O–H groups in total. The zero-order valence-corrected chi connectivity index (χ0v) is 7.08. The molecule has 0 amide bonds. The molecule has 0 bridgehead atoms. The van der Waals surface area contributed by atoms with Crippen LogP contribution in [0.15, 0.2) is 18.3 Å². The van der Waals surface area contributed by atoms with Crippen molar-refractivity contribution in [2.24, 2.45) is 0 Å². The van der Waals surface area contributed by atoms with E-state index < -0.39 is 5.97 Å². The fraction of sp³-hybridized carbons (Fsp3) is 0.250. The number of carboxylic acids is 1. The summed E-state index contributed by atoms with van der Waals surface area (Å²) in [5.74, 6) is -0.824. The summed E-state index contributed by atoms with van der Waals surface area (Å²) < 4.78 is 0. The van der Waals surface area contributed by atoms with Gasteiger partial charge in [-0.1, -0.05) is 17.7 Å². The molecule has 1 aromatic heterocycles. The number of carbonyl (C=O) groups is 1. The predicted molar refractivity (Wildman–Crippen MR) is 45.2 cm³/mol. The number of hydrogen-bond donors (Lipinski definition) is 1. The van der Waals surface area contributed by atoms with Crippen LogP contribution in [0.2, 0.25) is 5.15 Å². The molecule has 0 aromatic carbocycles. The minimum Gasteiger partial charge on any atom is -0.481 e. The van der Waals surface area contributed by atoms with Gasteiger partial charge in [-0.05, 0) is 18.1 Å². The molecule has 0 spiro atoms. The topological polar surface area (TPSA) is 50.2 Å². The number of aliphatic carboxylic acids is 1. The Kier molecular flexibility index (Phi) is 3.05. The molecule has 0 radical (unpaired) electrons. The summed E-state index contributed by atoms with van der Waals surface area (Å²) in [4.78, 5) is 14.0. The molecule has 4 heteroatoms. The van der Waals surface area contributed by atoms with Gasteiger partial charge in [0.1, 0.15) is 5.15 Å². The smallest absolute Gasteiger partial charge is 0.303 e. The molecule has 0 atom stereocenters. The second kappa shape index (κ2) is 4.07. The highest BCUT2D eigenvalue weighted by Gasteiger charge is 2.02. The second-order valence-corrected chi connectivity index (χ2v) is 2.71. The Morgan fingerprint density at radius 2 is 2.42 bits per heavy atom. The van der Waals surface area contributed by atoms with Gasteiger partial charge >= 0.3 is 5.97 Å². The van der Waals surface area contributed by atoms with Gasteiger partial charge in [0.15, 0.2) is 0 Å². The Morgan fingerprint density at radius 3 is 3.00 bits per heavy atom. The summed E-state index contributed by atoms with van der Waals surface area (Å²) in [5.41, 5.74) is 0.779. The largest absolute Gasteiger partial charge is 0.481 e. The maximum Gasteiger partial charge on any atom is 0.303 e. The van der Waals surface area contributed by atoms with Crippen LogP contribution in [0.3, 0.4) is 0 Å². The van der Waals surface area contributed by atoms with Crippen LogP contribution >= 0.6 is 11.6 Å². The van der Waals surface area contributed by atoms with Crippen LogP contribution in [-0.4, -0.2) is 16.1 Å². The standard InChI is InChI=1S/C8H8ClNO2/c9-8-6(2-1-5-10-8)3-4-7(11)12/h1-2,5H,3-4H2,(H,11,12). The number of nitrogens with zero attached hydrogens (tertiary/aromatic N) is 1. The summed E-state index contributed by atoms with van der Waals surface area (Å²) in [6, 6.07) is 3.52. The van der Waals surface area contributed by atoms with E-state index in [1.54, 1.807) is 18.3 Å². The van der Waals surface area contributed by atoms with Crippen molar-refractivity contribution in [3.8, 4) is 0 Å². The van der Waals surface area contributed by atoms with Gasteiger partial charge in [-0.15, -0.1) is 0 Å². The molecule has 0 saturated carbocycles. The molecule has 12 heavy (non-hydrogen) atoms. The van der Waals surface area contributed by atoms with E-state index in [0.29, 0.717) is 11.6 Å². The molecule has 1 aromatic rings. The third-order valence-electron chi connectivity index (χ3n) is 1.44. The molecule has 0 aliphatic rings. The molecule has 1 heterocycles. The van der Waals surface area contributed by atoms with Crippen LogP contribution in [0.25, 0.3) is 0 Å². The second-order valence-electron chi connectivity index (χ2n) is 2.35. The van der Waals surface area contributed by atoms with Gasteiger partial charge in [0.05, 0.1) is 0 Å². The summed E-state index contributed by atoms with van der Waals surface area (Å²) in [6.45, 7) is 0. The number of halogens is 1. The maximum atomic E-state index is 10.2. The average molecular weight is 186 g/mol. The van der Waals surface area contributed by atoms with Crippen molar-refractivity contribution in [3.05, 3.63) is 29.0 Å². The van der Waals surface area contributed by atoms with Crippen molar-refractivity contribution < 1.29 is 9.90 Å². The quantitative estimate of drug-likeness (QED) is 0.730. The van der Waals surface area contributed by atoms with E-state index >= 15 is 0 Å². The van der Waals surface area contributed by atoms with Gasteiger partial charge in [-0.2, -0.15) is 0 Å². The molecule has 1 rings (SSSR count). The Hall–Kier alpha value is -1.09. The number of pyridine rings is 1. The fourth-order valence-electron chi connectivity index (χ4n) is 0.847. The van der Waals surface area contributed by atoms with Crippen LogP contribution in [0.4, 0.5) is 0 Å². The van der Waals surface area contributed by atoms with Gasteiger partial charge < -0.3 is 5.11 Å². The summed E-state index contributed by atoms with van der Waals surface area (Å²) in [6.07, 6.45) is 2.10. The van der Waals surface area contributed by atoms with Crippen LogP contribution in [0.1, 0.15) is 12.0 Å². The van der Waals surface area contributed by atoms with Gasteiger partial charge in [0.2, 0.25) is 0 Å². The molecule has 0 saturated heterocycles. The van der Waals surface area contributed by atoms with Crippen molar-refractivity contribution in [1.82, 2.24) is 4.98 Å². The van der Waals surface area contributed by atoms with E-state index in [9.17, 15) is 4.79 Å². The van der Waals surface area contributed by atoms with Crippen LogP contribution in [0.5, 0.6) is 0 Å². The minimum atomic E-state index is -0.824. The van der Waals surface area contributed by atoms with E-state index in [1.807, 2.05) is 0 Å². The Balaban J connectivity index is 2.63. The summed E-state index contributed by atoms with van der Waals surface area (Å²) in [7, 11) is 0. The van der Waals surface area contributed by atoms with E-state index in [0.717, 1.165) is 5.56 Å². The molecule has 64 valence electrons. The summed E-state index contributed by atoms with van der Waals surface area (Å²) >= 11 is 5.70. The SMILES string of the molecule is O=C(O)CCc1cccnc1Cl. The first kappa shape index (κ1) is 9.00. The monoisotopic (exact) mass is 185 g/mol. The van der Waals surface area contributed by atoms with E-state index in [2.05, 4.69) is 4.98 Å². The summed E-state index contributed by atoms with van der Waals surface area (Å²) in [5, 5.41) is 8.79. The highest BCUT2D eigenvalue weighted by Crippen LogP contribution is 2.12. The lowest BCUT2D eigenvalue weighted by molar-refractivity contribution is -0.136. The number of aromatic nitrogens is 1. The van der Waals surface area contributed by atoms with Crippen LogP contribution < -0.4 is 0 Å². The maximum absolute atomic E-state index is 10.2. The Labute approximate surface area is 75.0 Å². The highest BCUT2D eigenvalue weighted by molar-refractivity contribution is 6.30. The highest BCUT2D eigenvalue weighted by atomic mass is 35.5. The van der Waals surface area contributed by atoms with E-state index in [-0.39, 0.29) is 6.42 Å². The first-order valence-electron chi connectivity index (χ1n) is 3.51. The van der Waals surface area contributed by atoms with E-state index in [1.165, 1.54) is 0 Å². The molecule has 3 nitrogen and oxygen atoms in total. The van der Waals surface area contributed by atoms with Gasteiger partial charge in [-0.25, -0.2) is 4.98 Å². The third kappa shape index (κ3) is 2.51. The lowest BCUT2D eigenvalue weighted by Gasteiger charge is -1.99. The van der Waals surface area contributed by atoms with Crippen molar-refractivity contribution in [2.75, 3.05) is 0 Å². The number of rotatable bonds is 3. The minimum absolute atomic E-state index is 0.0887. The molecular weight excluding hydrogens is 178 g/mol. The molecule has 0 unspecified atom stereocenters. The zero-order valence-electron chi connectivity index (χ0n) is 6.33. The zero-order chi connectivity index (χ0) is 8.97. The van der Waals surface area contributed by atoms with Crippen LogP contribution in [0, 0.1) is 0 Å². The van der Waals surface area contributed by atoms with Crippen LogP contribution in [-0.2, 0) is 11.2 Å². The van der Waals surface area contributed by atoms with Gasteiger partial charge in [-0.3, -0.25) is 4.79 Å². The third-order valence-corrected chi connectivity index (χ3v) is 1.78. The first-order chi connectivity index (χ1) is 5.70. The molecule has 0 fully saturated rings. The number of aryl methyl sites for hydroxylation is 1. The average Bonchev–Trinajstić information content (AvgIpc) is 2.03. The number of carboxylic acid groups (broad SMARTS) is 1. The molecule has 0 aliphatic carbocycles. The lowest BCUT2D eigenvalue weighted by Crippen LogP contribution is -1.98. The van der Waals surface area contributed by atoms with Crippen molar-refractivity contribution in [3.63, 3.8) is 0 Å². The van der Waals surface area contributed by atoms with Gasteiger partial charge in [0.25, 0.3) is 0 Å². The Bertz CT molecular complexity index is 288. The normalized spacial score (nSPS) is 9.75. The van der Waals surface area contributed by atoms with Crippen molar-refractivity contribution in [1.29, 1.82) is 0 Å².